The highest BCUT2D eigenvalue weighted by Crippen LogP contribution is 2.19. The fourth-order valence-electron chi connectivity index (χ4n) is 1.26. The number of hydrogen-bond acceptors (Lipinski definition) is 6. The molecule has 0 aliphatic carbocycles. The summed E-state index contributed by atoms with van der Waals surface area (Å²) in [6.07, 6.45) is 1.65. The topological polar surface area (TPSA) is 89.9 Å². The molecule has 0 aliphatic rings. The monoisotopic (exact) mass is 237 g/mol. The molecule has 0 radical (unpaired) electrons. The SMILES string of the molecule is CC(C)(C)c1nc(Cn2cc(CO)nn2)no1. The van der Waals surface area contributed by atoms with Gasteiger partial charge < -0.3 is 9.63 Å². The van der Waals surface area contributed by atoms with E-state index in [-0.39, 0.29) is 12.0 Å². The molecule has 0 atom stereocenters. The van der Waals surface area contributed by atoms with Crippen molar-refractivity contribution in [2.75, 3.05) is 0 Å². The fraction of sp³-hybridized carbons (Fsp3) is 0.600. The van der Waals surface area contributed by atoms with Gasteiger partial charge in [-0.3, -0.25) is 0 Å². The molecular formula is C10H15N5O2. The van der Waals surface area contributed by atoms with Crippen molar-refractivity contribution in [2.45, 2.75) is 39.3 Å². The molecule has 0 amide bonds. The van der Waals surface area contributed by atoms with E-state index in [2.05, 4.69) is 20.5 Å². The Balaban J connectivity index is 2.11. The molecule has 0 unspecified atom stereocenters. The highest BCUT2D eigenvalue weighted by molar-refractivity contribution is 4.99. The molecule has 0 aliphatic heterocycles. The van der Waals surface area contributed by atoms with Gasteiger partial charge in [0.05, 0.1) is 12.8 Å². The predicted octanol–water partition coefficient (Wildman–Crippen LogP) is 0.499. The molecule has 0 fully saturated rings. The van der Waals surface area contributed by atoms with Crippen LogP contribution in [0, 0.1) is 0 Å². The first-order valence-corrected chi connectivity index (χ1v) is 5.32. The van der Waals surface area contributed by atoms with Crippen molar-refractivity contribution in [2.24, 2.45) is 0 Å². The van der Waals surface area contributed by atoms with Gasteiger partial charge in [0.1, 0.15) is 12.2 Å². The van der Waals surface area contributed by atoms with Crippen LogP contribution in [0.1, 0.15) is 38.2 Å². The van der Waals surface area contributed by atoms with Gasteiger partial charge in [-0.05, 0) is 0 Å². The first-order valence-electron chi connectivity index (χ1n) is 5.32. The number of aliphatic hydroxyl groups excluding tert-OH is 1. The fourth-order valence-corrected chi connectivity index (χ4v) is 1.26. The van der Waals surface area contributed by atoms with Crippen LogP contribution in [0.15, 0.2) is 10.7 Å². The Morgan fingerprint density at radius 3 is 2.71 bits per heavy atom. The van der Waals surface area contributed by atoms with Crippen LogP contribution in [-0.4, -0.2) is 30.2 Å². The lowest BCUT2D eigenvalue weighted by molar-refractivity contribution is 0.276. The second kappa shape index (κ2) is 4.25. The van der Waals surface area contributed by atoms with Crippen LogP contribution in [0.2, 0.25) is 0 Å². The van der Waals surface area contributed by atoms with Crippen molar-refractivity contribution >= 4 is 0 Å². The van der Waals surface area contributed by atoms with E-state index in [9.17, 15) is 0 Å². The van der Waals surface area contributed by atoms with Crippen LogP contribution < -0.4 is 0 Å². The molecule has 0 bridgehead atoms. The summed E-state index contributed by atoms with van der Waals surface area (Å²) in [5.74, 6) is 1.14. The van der Waals surface area contributed by atoms with Gasteiger partial charge in [0.2, 0.25) is 5.89 Å². The summed E-state index contributed by atoms with van der Waals surface area (Å²) in [7, 11) is 0. The average Bonchev–Trinajstić information content (AvgIpc) is 2.86. The largest absolute Gasteiger partial charge is 0.390 e. The molecular weight excluding hydrogens is 222 g/mol. The van der Waals surface area contributed by atoms with Crippen molar-refractivity contribution in [1.29, 1.82) is 0 Å². The molecule has 2 aromatic heterocycles. The van der Waals surface area contributed by atoms with Crippen LogP contribution in [-0.2, 0) is 18.6 Å². The molecule has 0 spiro atoms. The molecule has 0 saturated carbocycles. The summed E-state index contributed by atoms with van der Waals surface area (Å²) in [5, 5.41) is 20.3. The van der Waals surface area contributed by atoms with E-state index in [0.717, 1.165) is 0 Å². The first kappa shape index (κ1) is 11.7. The van der Waals surface area contributed by atoms with Gasteiger partial charge in [-0.25, -0.2) is 4.68 Å². The van der Waals surface area contributed by atoms with Crippen LogP contribution in [0.4, 0.5) is 0 Å². The van der Waals surface area contributed by atoms with Crippen LogP contribution in [0.25, 0.3) is 0 Å². The zero-order chi connectivity index (χ0) is 12.5. The van der Waals surface area contributed by atoms with Gasteiger partial charge in [0, 0.05) is 5.41 Å². The van der Waals surface area contributed by atoms with Gasteiger partial charge in [0.15, 0.2) is 5.82 Å². The number of aromatic nitrogens is 5. The zero-order valence-electron chi connectivity index (χ0n) is 10.1. The number of aliphatic hydroxyl groups is 1. The molecule has 1 N–H and O–H groups in total. The normalized spacial score (nSPS) is 12.0. The second-order valence-corrected chi connectivity index (χ2v) is 4.83. The van der Waals surface area contributed by atoms with E-state index >= 15 is 0 Å². The number of rotatable bonds is 3. The molecule has 2 aromatic rings. The Morgan fingerprint density at radius 1 is 1.41 bits per heavy atom. The standard InChI is InChI=1S/C10H15N5O2/c1-10(2,3)9-11-8(13-17-9)5-15-4-7(6-16)12-14-15/h4,16H,5-6H2,1-3H3. The molecule has 92 valence electrons. The van der Waals surface area contributed by atoms with Gasteiger partial charge >= 0.3 is 0 Å². The Labute approximate surface area is 98.5 Å². The number of hydrogen-bond donors (Lipinski definition) is 1. The van der Waals surface area contributed by atoms with E-state index in [1.165, 1.54) is 0 Å². The lowest BCUT2D eigenvalue weighted by atomic mass is 9.97. The van der Waals surface area contributed by atoms with Crippen LogP contribution in [0.3, 0.4) is 0 Å². The molecule has 0 aromatic carbocycles. The molecule has 7 heteroatoms. The maximum atomic E-state index is 8.86. The minimum absolute atomic E-state index is 0.126. The third-order valence-corrected chi connectivity index (χ3v) is 2.16. The van der Waals surface area contributed by atoms with Gasteiger partial charge in [-0.15, -0.1) is 5.10 Å². The van der Waals surface area contributed by atoms with Gasteiger partial charge in [0.25, 0.3) is 0 Å². The predicted molar refractivity (Wildman–Crippen MR) is 58.0 cm³/mol. The van der Waals surface area contributed by atoms with Crippen LogP contribution in [0.5, 0.6) is 0 Å². The van der Waals surface area contributed by atoms with E-state index in [1.807, 2.05) is 20.8 Å². The molecule has 0 saturated heterocycles. The smallest absolute Gasteiger partial charge is 0.232 e. The van der Waals surface area contributed by atoms with Gasteiger partial charge in [-0.1, -0.05) is 31.1 Å². The summed E-state index contributed by atoms with van der Waals surface area (Å²) in [4.78, 5) is 4.28. The first-order chi connectivity index (χ1) is 7.99. The molecule has 2 heterocycles. The number of nitrogens with zero attached hydrogens (tertiary/aromatic N) is 5. The van der Waals surface area contributed by atoms with Crippen molar-refractivity contribution in [3.63, 3.8) is 0 Å². The summed E-state index contributed by atoms with van der Waals surface area (Å²) < 4.78 is 6.72. The summed E-state index contributed by atoms with van der Waals surface area (Å²) in [6, 6.07) is 0. The zero-order valence-corrected chi connectivity index (χ0v) is 10.1. The third kappa shape index (κ3) is 2.68. The molecule has 7 nitrogen and oxygen atoms in total. The maximum Gasteiger partial charge on any atom is 0.232 e. The summed E-state index contributed by atoms with van der Waals surface area (Å²) in [5.41, 5.74) is 0.355. The lowest BCUT2D eigenvalue weighted by Gasteiger charge is -2.10. The van der Waals surface area contributed by atoms with E-state index < -0.39 is 0 Å². The molecule has 17 heavy (non-hydrogen) atoms. The Bertz CT molecular complexity index is 497. The lowest BCUT2D eigenvalue weighted by Crippen LogP contribution is -2.12. The average molecular weight is 237 g/mol. The quantitative estimate of drug-likeness (QED) is 0.836. The molecule has 2 rings (SSSR count). The maximum absolute atomic E-state index is 8.86. The third-order valence-electron chi connectivity index (χ3n) is 2.16. The Morgan fingerprint density at radius 2 is 2.18 bits per heavy atom. The van der Waals surface area contributed by atoms with Crippen LogP contribution >= 0.6 is 0 Å². The van der Waals surface area contributed by atoms with E-state index in [0.29, 0.717) is 24.0 Å². The second-order valence-electron chi connectivity index (χ2n) is 4.83. The Kier molecular flexibility index (Phi) is 2.93. The van der Waals surface area contributed by atoms with E-state index in [4.69, 9.17) is 9.63 Å². The minimum atomic E-state index is -0.163. The van der Waals surface area contributed by atoms with E-state index in [1.54, 1.807) is 10.9 Å². The van der Waals surface area contributed by atoms with Crippen molar-refractivity contribution in [3.05, 3.63) is 23.6 Å². The van der Waals surface area contributed by atoms with Gasteiger partial charge in [-0.2, -0.15) is 4.98 Å². The highest BCUT2D eigenvalue weighted by Gasteiger charge is 2.21. The summed E-state index contributed by atoms with van der Waals surface area (Å²) in [6.45, 7) is 6.27. The minimum Gasteiger partial charge on any atom is -0.390 e. The summed E-state index contributed by atoms with van der Waals surface area (Å²) >= 11 is 0. The van der Waals surface area contributed by atoms with Crippen molar-refractivity contribution in [3.8, 4) is 0 Å². The highest BCUT2D eigenvalue weighted by atomic mass is 16.5. The van der Waals surface area contributed by atoms with Crippen molar-refractivity contribution < 1.29 is 9.63 Å². The Hall–Kier alpha value is -1.76. The van der Waals surface area contributed by atoms with Crippen molar-refractivity contribution in [1.82, 2.24) is 25.1 Å².